The van der Waals surface area contributed by atoms with Crippen LogP contribution in [-0.4, -0.2) is 6.61 Å². The molecule has 1 aromatic carbocycles. The molecule has 0 N–H and O–H groups in total. The number of ether oxygens (including phenoxy) is 1. The highest BCUT2D eigenvalue weighted by Gasteiger charge is 2.36. The van der Waals surface area contributed by atoms with Crippen molar-refractivity contribution >= 4 is 0 Å². The summed E-state index contributed by atoms with van der Waals surface area (Å²) >= 11 is 0. The average Bonchev–Trinajstić information content (AvgIpc) is 2.29. The van der Waals surface area contributed by atoms with Gasteiger partial charge in [0.1, 0.15) is 11.4 Å². The van der Waals surface area contributed by atoms with E-state index in [4.69, 9.17) is 0 Å². The third kappa shape index (κ3) is 2.42. The van der Waals surface area contributed by atoms with Gasteiger partial charge in [0.05, 0.1) is 0 Å². The Balaban J connectivity index is 2.44. The van der Waals surface area contributed by atoms with Crippen molar-refractivity contribution in [2.45, 2.75) is 18.6 Å². The van der Waals surface area contributed by atoms with Crippen molar-refractivity contribution in [3.63, 3.8) is 0 Å². The Morgan fingerprint density at radius 1 is 1.29 bits per heavy atom. The molecule has 0 heterocycles. The number of alkyl halides is 2. The van der Waals surface area contributed by atoms with E-state index in [2.05, 4.69) is 10.8 Å². The fourth-order valence-corrected chi connectivity index (χ4v) is 1.83. The molecule has 0 saturated heterocycles. The van der Waals surface area contributed by atoms with E-state index < -0.39 is 18.0 Å². The lowest BCUT2D eigenvalue weighted by molar-refractivity contribution is -0.196. The highest BCUT2D eigenvalue weighted by molar-refractivity contribution is 5.32. The van der Waals surface area contributed by atoms with Gasteiger partial charge in [-0.3, -0.25) is 0 Å². The van der Waals surface area contributed by atoms with Gasteiger partial charge in [0.2, 0.25) is 0 Å². The van der Waals surface area contributed by atoms with Crippen molar-refractivity contribution in [3.05, 3.63) is 60.0 Å². The second-order valence-corrected chi connectivity index (χ2v) is 3.65. The fourth-order valence-electron chi connectivity index (χ4n) is 1.83. The van der Waals surface area contributed by atoms with Crippen molar-refractivity contribution in [3.8, 4) is 0 Å². The Kier molecular flexibility index (Phi) is 3.33. The predicted molar refractivity (Wildman–Crippen MR) is 56.7 cm³/mol. The van der Waals surface area contributed by atoms with Gasteiger partial charge in [-0.25, -0.2) is 4.39 Å². The maximum Gasteiger partial charge on any atom is 0.346 e. The quantitative estimate of drug-likeness (QED) is 0.783. The van der Waals surface area contributed by atoms with Crippen molar-refractivity contribution < 1.29 is 17.9 Å². The van der Waals surface area contributed by atoms with Gasteiger partial charge < -0.3 is 4.74 Å². The summed E-state index contributed by atoms with van der Waals surface area (Å²) in [6, 6.07) is 5.75. The molecule has 1 aliphatic rings. The minimum Gasteiger partial charge on any atom is -0.307 e. The first-order valence-electron chi connectivity index (χ1n) is 5.09. The highest BCUT2D eigenvalue weighted by atomic mass is 19.3. The lowest BCUT2D eigenvalue weighted by Crippen LogP contribution is -2.31. The predicted octanol–water partition coefficient (Wildman–Crippen LogP) is 3.58. The number of benzene rings is 1. The van der Waals surface area contributed by atoms with E-state index in [-0.39, 0.29) is 12.0 Å². The van der Waals surface area contributed by atoms with Gasteiger partial charge in [-0.05, 0) is 18.2 Å². The molecule has 0 saturated carbocycles. The molecule has 1 aliphatic carbocycles. The Hall–Kier alpha value is -1.55. The van der Waals surface area contributed by atoms with Gasteiger partial charge in [0.25, 0.3) is 0 Å². The van der Waals surface area contributed by atoms with E-state index in [1.165, 1.54) is 30.4 Å². The number of hydrogen-bond donors (Lipinski definition) is 0. The molecular weight excluding hydrogens is 229 g/mol. The summed E-state index contributed by atoms with van der Waals surface area (Å²) in [5, 5.41) is 0. The highest BCUT2D eigenvalue weighted by Crippen LogP contribution is 2.36. The third-order valence-corrected chi connectivity index (χ3v) is 2.57. The van der Waals surface area contributed by atoms with Crippen LogP contribution in [0.2, 0.25) is 0 Å². The molecule has 0 fully saturated rings. The van der Waals surface area contributed by atoms with Crippen LogP contribution in [0.3, 0.4) is 0 Å². The Bertz CT molecular complexity index is 454. The number of allylic oxidation sites excluding steroid dienone is 2. The van der Waals surface area contributed by atoms with Crippen LogP contribution in [0.25, 0.3) is 0 Å². The van der Waals surface area contributed by atoms with Crippen LogP contribution in [0.15, 0.2) is 42.5 Å². The largest absolute Gasteiger partial charge is 0.346 e. The van der Waals surface area contributed by atoms with E-state index in [0.29, 0.717) is 0 Å². The monoisotopic (exact) mass is 239 g/mol. The summed E-state index contributed by atoms with van der Waals surface area (Å²) < 4.78 is 43.2. The number of halogens is 3. The molecule has 1 radical (unpaired) electrons. The normalized spacial score (nSPS) is 23.3. The molecule has 0 aliphatic heterocycles. The maximum atomic E-state index is 13.7. The first-order chi connectivity index (χ1) is 8.14. The molecule has 89 valence electrons. The average molecular weight is 239 g/mol. The lowest BCUT2D eigenvalue weighted by atomic mass is 9.87. The van der Waals surface area contributed by atoms with Crippen LogP contribution in [-0.2, 0) is 10.3 Å². The van der Waals surface area contributed by atoms with Crippen molar-refractivity contribution in [1.29, 1.82) is 0 Å². The van der Waals surface area contributed by atoms with Crippen molar-refractivity contribution in [1.82, 2.24) is 0 Å². The molecular formula is C13H10F3O. The molecule has 17 heavy (non-hydrogen) atoms. The molecule has 1 atom stereocenters. The minimum atomic E-state index is -2.97. The smallest absolute Gasteiger partial charge is 0.307 e. The van der Waals surface area contributed by atoms with Crippen LogP contribution in [0, 0.1) is 11.9 Å². The minimum absolute atomic E-state index is 0.0643. The van der Waals surface area contributed by atoms with Gasteiger partial charge in [-0.1, -0.05) is 30.4 Å². The zero-order valence-corrected chi connectivity index (χ0v) is 8.87. The second-order valence-electron chi connectivity index (χ2n) is 3.65. The SMILES string of the molecule is Fc1ccccc1C1(OC(F)F)C=CC=[C]C1. The topological polar surface area (TPSA) is 9.23 Å². The summed E-state index contributed by atoms with van der Waals surface area (Å²) in [5.41, 5.74) is -1.37. The summed E-state index contributed by atoms with van der Waals surface area (Å²) in [7, 11) is 0. The molecule has 0 aromatic heterocycles. The third-order valence-electron chi connectivity index (χ3n) is 2.57. The molecule has 4 heteroatoms. The summed E-state index contributed by atoms with van der Waals surface area (Å²) in [6.07, 6.45) is 7.38. The zero-order valence-electron chi connectivity index (χ0n) is 8.87. The second kappa shape index (κ2) is 4.75. The van der Waals surface area contributed by atoms with E-state index in [1.54, 1.807) is 12.1 Å². The molecule has 1 aromatic rings. The van der Waals surface area contributed by atoms with Gasteiger partial charge in [-0.15, -0.1) is 0 Å². The van der Waals surface area contributed by atoms with Crippen LogP contribution in [0.4, 0.5) is 13.2 Å². The number of hydrogen-bond acceptors (Lipinski definition) is 1. The number of rotatable bonds is 3. The summed E-state index contributed by atoms with van der Waals surface area (Å²) in [6.45, 7) is -2.97. The standard InChI is InChI=1S/C13H10F3O/c14-11-7-3-2-6-10(11)13(17-12(15)16)8-4-1-5-9-13/h1-4,6-8,12H,9H2. The van der Waals surface area contributed by atoms with Gasteiger partial charge >= 0.3 is 6.61 Å². The van der Waals surface area contributed by atoms with Gasteiger partial charge in [0, 0.05) is 12.0 Å². The van der Waals surface area contributed by atoms with Crippen LogP contribution in [0.5, 0.6) is 0 Å². The first-order valence-corrected chi connectivity index (χ1v) is 5.09. The van der Waals surface area contributed by atoms with Crippen LogP contribution in [0.1, 0.15) is 12.0 Å². The van der Waals surface area contributed by atoms with E-state index >= 15 is 0 Å². The zero-order chi connectivity index (χ0) is 12.3. The Morgan fingerprint density at radius 3 is 2.65 bits per heavy atom. The van der Waals surface area contributed by atoms with Gasteiger partial charge in [-0.2, -0.15) is 8.78 Å². The Morgan fingerprint density at radius 2 is 2.06 bits per heavy atom. The molecule has 0 bridgehead atoms. The molecule has 0 spiro atoms. The summed E-state index contributed by atoms with van der Waals surface area (Å²) in [4.78, 5) is 0. The summed E-state index contributed by atoms with van der Waals surface area (Å²) in [5.74, 6) is -0.568. The van der Waals surface area contributed by atoms with E-state index in [0.717, 1.165) is 0 Å². The molecule has 0 amide bonds. The van der Waals surface area contributed by atoms with Gasteiger partial charge in [0.15, 0.2) is 0 Å². The van der Waals surface area contributed by atoms with Crippen LogP contribution >= 0.6 is 0 Å². The van der Waals surface area contributed by atoms with Crippen molar-refractivity contribution in [2.24, 2.45) is 0 Å². The molecule has 1 nitrogen and oxygen atoms in total. The molecule has 1 unspecified atom stereocenters. The maximum absolute atomic E-state index is 13.7. The molecule has 2 rings (SSSR count). The van der Waals surface area contributed by atoms with Crippen LogP contribution < -0.4 is 0 Å². The first kappa shape index (κ1) is 11.9. The van der Waals surface area contributed by atoms with Crippen molar-refractivity contribution in [2.75, 3.05) is 0 Å². The van der Waals surface area contributed by atoms with E-state index in [1.807, 2.05) is 0 Å². The fraction of sp³-hybridized carbons (Fsp3) is 0.231. The Labute approximate surface area is 97.2 Å². The lowest BCUT2D eigenvalue weighted by Gasteiger charge is -2.31. The van der Waals surface area contributed by atoms with E-state index in [9.17, 15) is 13.2 Å².